The van der Waals surface area contributed by atoms with Crippen LogP contribution in [0, 0.1) is 5.92 Å². The Morgan fingerprint density at radius 3 is 2.27 bits per heavy atom. The van der Waals surface area contributed by atoms with Crippen LogP contribution in [0.1, 0.15) is 27.7 Å². The van der Waals surface area contributed by atoms with Gasteiger partial charge in [0.2, 0.25) is 0 Å². The first-order valence-corrected chi connectivity index (χ1v) is 6.01. The van der Waals surface area contributed by atoms with E-state index in [9.17, 15) is 0 Å². The van der Waals surface area contributed by atoms with E-state index in [1.807, 2.05) is 0 Å². The molecule has 15 heavy (non-hydrogen) atoms. The van der Waals surface area contributed by atoms with Crippen molar-refractivity contribution in [3.8, 4) is 0 Å². The van der Waals surface area contributed by atoms with Crippen molar-refractivity contribution in [1.29, 1.82) is 0 Å². The third-order valence-electron chi connectivity index (χ3n) is 2.39. The molecule has 0 saturated carbocycles. The largest absolute Gasteiger partial charge is 0.383 e. The summed E-state index contributed by atoms with van der Waals surface area (Å²) >= 11 is 0. The highest BCUT2D eigenvalue weighted by Gasteiger charge is 2.09. The second-order valence-electron chi connectivity index (χ2n) is 4.73. The summed E-state index contributed by atoms with van der Waals surface area (Å²) < 4.78 is 4.98. The van der Waals surface area contributed by atoms with Gasteiger partial charge in [0, 0.05) is 39.3 Å². The minimum atomic E-state index is 0.636. The van der Waals surface area contributed by atoms with E-state index in [0.29, 0.717) is 6.04 Å². The second kappa shape index (κ2) is 9.13. The standard InChI is InChI=1S/C12H28N2O/c1-11(2)10-14(12(3)4)8-6-13-7-9-15-5/h11-13H,6-10H2,1-5H3. The Bertz CT molecular complexity index is 138. The fourth-order valence-corrected chi connectivity index (χ4v) is 1.55. The molecular weight excluding hydrogens is 188 g/mol. The smallest absolute Gasteiger partial charge is 0.0587 e. The monoisotopic (exact) mass is 216 g/mol. The van der Waals surface area contributed by atoms with Crippen LogP contribution in [-0.2, 0) is 4.74 Å². The van der Waals surface area contributed by atoms with Gasteiger partial charge in [-0.1, -0.05) is 13.8 Å². The van der Waals surface area contributed by atoms with Gasteiger partial charge in [0.15, 0.2) is 0 Å². The average molecular weight is 216 g/mol. The molecule has 0 aliphatic rings. The van der Waals surface area contributed by atoms with Gasteiger partial charge < -0.3 is 10.1 Å². The third kappa shape index (κ3) is 8.85. The maximum atomic E-state index is 4.98. The molecule has 0 aromatic carbocycles. The van der Waals surface area contributed by atoms with Crippen molar-refractivity contribution in [2.45, 2.75) is 33.7 Å². The van der Waals surface area contributed by atoms with Gasteiger partial charge in [-0.3, -0.25) is 4.90 Å². The summed E-state index contributed by atoms with van der Waals surface area (Å²) in [5, 5.41) is 3.38. The molecule has 0 radical (unpaired) electrons. The minimum Gasteiger partial charge on any atom is -0.383 e. The zero-order valence-electron chi connectivity index (χ0n) is 11.0. The first-order chi connectivity index (χ1) is 7.07. The van der Waals surface area contributed by atoms with Gasteiger partial charge >= 0.3 is 0 Å². The van der Waals surface area contributed by atoms with Gasteiger partial charge in [0.1, 0.15) is 0 Å². The fraction of sp³-hybridized carbons (Fsp3) is 1.00. The number of hydrogen-bond acceptors (Lipinski definition) is 3. The van der Waals surface area contributed by atoms with Crippen LogP contribution in [0.2, 0.25) is 0 Å². The molecule has 0 amide bonds. The number of nitrogens with one attached hydrogen (secondary N) is 1. The Morgan fingerprint density at radius 2 is 1.80 bits per heavy atom. The lowest BCUT2D eigenvalue weighted by Gasteiger charge is -2.28. The van der Waals surface area contributed by atoms with E-state index in [0.717, 1.165) is 32.2 Å². The van der Waals surface area contributed by atoms with Crippen LogP contribution in [0.25, 0.3) is 0 Å². The third-order valence-corrected chi connectivity index (χ3v) is 2.39. The summed E-state index contributed by atoms with van der Waals surface area (Å²) in [7, 11) is 1.74. The van der Waals surface area contributed by atoms with Crippen LogP contribution in [0.3, 0.4) is 0 Å². The number of hydrogen-bond donors (Lipinski definition) is 1. The summed E-state index contributed by atoms with van der Waals surface area (Å²) in [6.07, 6.45) is 0. The summed E-state index contributed by atoms with van der Waals surface area (Å²) in [5.41, 5.74) is 0. The van der Waals surface area contributed by atoms with Crippen LogP contribution in [0.5, 0.6) is 0 Å². The first-order valence-electron chi connectivity index (χ1n) is 6.01. The van der Waals surface area contributed by atoms with E-state index < -0.39 is 0 Å². The highest BCUT2D eigenvalue weighted by atomic mass is 16.5. The molecule has 0 saturated heterocycles. The van der Waals surface area contributed by atoms with Gasteiger partial charge in [-0.05, 0) is 19.8 Å². The van der Waals surface area contributed by atoms with E-state index in [1.165, 1.54) is 6.54 Å². The maximum absolute atomic E-state index is 4.98. The molecule has 1 N–H and O–H groups in total. The number of rotatable bonds is 9. The summed E-state index contributed by atoms with van der Waals surface area (Å²) in [4.78, 5) is 2.52. The topological polar surface area (TPSA) is 24.5 Å². The number of nitrogens with zero attached hydrogens (tertiary/aromatic N) is 1. The van der Waals surface area contributed by atoms with E-state index in [1.54, 1.807) is 7.11 Å². The van der Waals surface area contributed by atoms with Crippen LogP contribution in [0.15, 0.2) is 0 Å². The van der Waals surface area contributed by atoms with Gasteiger partial charge in [-0.15, -0.1) is 0 Å². The Kier molecular flexibility index (Phi) is 9.06. The molecule has 0 spiro atoms. The van der Waals surface area contributed by atoms with Gasteiger partial charge in [-0.2, -0.15) is 0 Å². The summed E-state index contributed by atoms with van der Waals surface area (Å²) in [6.45, 7) is 14.2. The van der Waals surface area contributed by atoms with Crippen molar-refractivity contribution in [3.63, 3.8) is 0 Å². The van der Waals surface area contributed by atoms with Crippen molar-refractivity contribution in [3.05, 3.63) is 0 Å². The fourth-order valence-electron chi connectivity index (χ4n) is 1.55. The second-order valence-corrected chi connectivity index (χ2v) is 4.73. The maximum Gasteiger partial charge on any atom is 0.0587 e. The summed E-state index contributed by atoms with van der Waals surface area (Å²) in [5.74, 6) is 0.742. The van der Waals surface area contributed by atoms with Gasteiger partial charge in [-0.25, -0.2) is 0 Å². The van der Waals surface area contributed by atoms with Crippen LogP contribution in [-0.4, -0.2) is 50.8 Å². The van der Waals surface area contributed by atoms with Crippen molar-refractivity contribution in [1.82, 2.24) is 10.2 Å². The number of ether oxygens (including phenoxy) is 1. The van der Waals surface area contributed by atoms with Crippen LogP contribution >= 0.6 is 0 Å². The van der Waals surface area contributed by atoms with Crippen LogP contribution in [0.4, 0.5) is 0 Å². The van der Waals surface area contributed by atoms with Crippen molar-refractivity contribution < 1.29 is 4.74 Å². The Balaban J connectivity index is 3.58. The lowest BCUT2D eigenvalue weighted by atomic mass is 10.2. The molecule has 3 heteroatoms. The molecule has 0 atom stereocenters. The summed E-state index contributed by atoms with van der Waals surface area (Å²) in [6, 6.07) is 0.636. The van der Waals surface area contributed by atoms with Crippen molar-refractivity contribution >= 4 is 0 Å². The lowest BCUT2D eigenvalue weighted by Crippen LogP contribution is -2.39. The van der Waals surface area contributed by atoms with Gasteiger partial charge in [0.05, 0.1) is 6.61 Å². The van der Waals surface area contributed by atoms with Crippen molar-refractivity contribution in [2.24, 2.45) is 5.92 Å². The molecule has 0 aliphatic heterocycles. The average Bonchev–Trinajstić information content (AvgIpc) is 2.15. The highest BCUT2D eigenvalue weighted by Crippen LogP contribution is 2.02. The molecule has 0 fully saturated rings. The van der Waals surface area contributed by atoms with E-state index in [-0.39, 0.29) is 0 Å². The SMILES string of the molecule is COCCNCCN(CC(C)C)C(C)C. The Morgan fingerprint density at radius 1 is 1.13 bits per heavy atom. The zero-order valence-corrected chi connectivity index (χ0v) is 11.0. The highest BCUT2D eigenvalue weighted by molar-refractivity contribution is 4.65. The Labute approximate surface area is 95.2 Å². The lowest BCUT2D eigenvalue weighted by molar-refractivity contribution is 0.184. The molecule has 0 heterocycles. The molecule has 0 aromatic rings. The molecule has 92 valence electrons. The Hall–Kier alpha value is -0.120. The predicted octanol–water partition coefficient (Wildman–Crippen LogP) is 1.59. The molecule has 0 aliphatic carbocycles. The molecule has 0 bridgehead atoms. The van der Waals surface area contributed by atoms with Crippen molar-refractivity contribution in [2.75, 3.05) is 39.9 Å². The van der Waals surface area contributed by atoms with E-state index in [4.69, 9.17) is 4.74 Å². The van der Waals surface area contributed by atoms with E-state index >= 15 is 0 Å². The normalized spacial score (nSPS) is 12.0. The minimum absolute atomic E-state index is 0.636. The van der Waals surface area contributed by atoms with Crippen LogP contribution < -0.4 is 5.32 Å². The molecular formula is C12H28N2O. The molecule has 0 unspecified atom stereocenters. The molecule has 0 aromatic heterocycles. The zero-order chi connectivity index (χ0) is 11.7. The molecule has 0 rings (SSSR count). The van der Waals surface area contributed by atoms with E-state index in [2.05, 4.69) is 37.9 Å². The predicted molar refractivity (Wildman–Crippen MR) is 66.3 cm³/mol. The quantitative estimate of drug-likeness (QED) is 0.592. The number of methoxy groups -OCH3 is 1. The first kappa shape index (κ1) is 14.9. The molecule has 3 nitrogen and oxygen atoms in total. The van der Waals surface area contributed by atoms with Gasteiger partial charge in [0.25, 0.3) is 0 Å².